The maximum atomic E-state index is 14.0. The Balaban J connectivity index is 1.88. The van der Waals surface area contributed by atoms with E-state index in [1.165, 1.54) is 31.7 Å². The minimum atomic E-state index is -0.753. The Morgan fingerprint density at radius 1 is 1.21 bits per heavy atom. The number of hydrogen-bond acceptors (Lipinski definition) is 2. The van der Waals surface area contributed by atoms with Crippen molar-refractivity contribution in [2.75, 3.05) is 18.0 Å². The van der Waals surface area contributed by atoms with Gasteiger partial charge in [0.1, 0.15) is 5.82 Å². The molecule has 1 atom stereocenters. The molecule has 1 N–H and O–H groups in total. The molecule has 0 spiro atoms. The van der Waals surface area contributed by atoms with E-state index in [2.05, 4.69) is 4.90 Å². The molecule has 1 aromatic rings. The van der Waals surface area contributed by atoms with E-state index in [4.69, 9.17) is 0 Å². The zero-order valence-electron chi connectivity index (χ0n) is 11.5. The number of aliphatic hydroxyl groups is 1. The standard InChI is InChI=1S/C16H22FNO/c1-11(19)16-14(17)3-2-4-15(16)18(9-12-5-6-12)10-13-7-8-13/h2-4,11-13,19H,5-10H2,1H3/t11-/m0/s1. The summed E-state index contributed by atoms with van der Waals surface area (Å²) in [5, 5.41) is 9.87. The molecule has 0 aliphatic heterocycles. The lowest BCUT2D eigenvalue weighted by atomic mass is 10.1. The first-order valence-corrected chi connectivity index (χ1v) is 7.36. The van der Waals surface area contributed by atoms with E-state index in [0.29, 0.717) is 5.56 Å². The van der Waals surface area contributed by atoms with Crippen LogP contribution in [0.15, 0.2) is 18.2 Å². The van der Waals surface area contributed by atoms with Crippen molar-refractivity contribution in [2.24, 2.45) is 11.8 Å². The van der Waals surface area contributed by atoms with E-state index in [0.717, 1.165) is 30.6 Å². The van der Waals surface area contributed by atoms with Gasteiger partial charge in [0.25, 0.3) is 0 Å². The zero-order valence-corrected chi connectivity index (χ0v) is 11.5. The summed E-state index contributed by atoms with van der Waals surface area (Å²) in [7, 11) is 0. The molecule has 2 saturated carbocycles. The van der Waals surface area contributed by atoms with Gasteiger partial charge in [-0.2, -0.15) is 0 Å². The molecule has 0 amide bonds. The van der Waals surface area contributed by atoms with Crippen molar-refractivity contribution in [3.8, 4) is 0 Å². The molecule has 19 heavy (non-hydrogen) atoms. The Bertz CT molecular complexity index is 438. The SMILES string of the molecule is C[C@H](O)c1c(F)cccc1N(CC1CC1)CC1CC1. The van der Waals surface area contributed by atoms with E-state index < -0.39 is 6.10 Å². The maximum Gasteiger partial charge on any atom is 0.131 e. The van der Waals surface area contributed by atoms with Gasteiger partial charge in [-0.05, 0) is 56.6 Å². The van der Waals surface area contributed by atoms with Crippen molar-refractivity contribution in [1.29, 1.82) is 0 Å². The summed E-state index contributed by atoms with van der Waals surface area (Å²) >= 11 is 0. The Kier molecular flexibility index (Phi) is 3.48. The molecule has 2 aliphatic rings. The monoisotopic (exact) mass is 263 g/mol. The fourth-order valence-electron chi connectivity index (χ4n) is 2.71. The second-order valence-electron chi connectivity index (χ2n) is 6.14. The fourth-order valence-corrected chi connectivity index (χ4v) is 2.71. The van der Waals surface area contributed by atoms with Gasteiger partial charge < -0.3 is 10.0 Å². The quantitative estimate of drug-likeness (QED) is 0.849. The molecule has 0 saturated heterocycles. The first-order valence-electron chi connectivity index (χ1n) is 7.36. The highest BCUT2D eigenvalue weighted by molar-refractivity contribution is 5.55. The topological polar surface area (TPSA) is 23.5 Å². The van der Waals surface area contributed by atoms with Crippen LogP contribution in [0, 0.1) is 17.7 Å². The molecule has 0 radical (unpaired) electrons. The summed E-state index contributed by atoms with van der Waals surface area (Å²) in [6, 6.07) is 5.15. The van der Waals surface area contributed by atoms with Crippen molar-refractivity contribution in [2.45, 2.75) is 38.7 Å². The number of anilines is 1. The van der Waals surface area contributed by atoms with Crippen molar-refractivity contribution in [3.05, 3.63) is 29.6 Å². The second kappa shape index (κ2) is 5.12. The van der Waals surface area contributed by atoms with Gasteiger partial charge >= 0.3 is 0 Å². The first-order chi connectivity index (χ1) is 9.15. The molecular weight excluding hydrogens is 241 g/mol. The number of rotatable bonds is 6. The lowest BCUT2D eigenvalue weighted by Crippen LogP contribution is -2.29. The second-order valence-corrected chi connectivity index (χ2v) is 6.14. The van der Waals surface area contributed by atoms with E-state index in [9.17, 15) is 9.50 Å². The molecule has 0 aromatic heterocycles. The van der Waals surface area contributed by atoms with Crippen LogP contribution in [0.5, 0.6) is 0 Å². The molecule has 3 heteroatoms. The minimum absolute atomic E-state index is 0.288. The van der Waals surface area contributed by atoms with Crippen LogP contribution < -0.4 is 4.90 Å². The minimum Gasteiger partial charge on any atom is -0.389 e. The average Bonchev–Trinajstić information content (AvgIpc) is 3.22. The maximum absolute atomic E-state index is 14.0. The number of halogens is 1. The summed E-state index contributed by atoms with van der Waals surface area (Å²) in [6.45, 7) is 3.67. The molecule has 104 valence electrons. The zero-order chi connectivity index (χ0) is 13.4. The smallest absolute Gasteiger partial charge is 0.131 e. The Morgan fingerprint density at radius 3 is 2.26 bits per heavy atom. The third-order valence-corrected chi connectivity index (χ3v) is 4.14. The predicted molar refractivity (Wildman–Crippen MR) is 74.7 cm³/mol. The van der Waals surface area contributed by atoms with E-state index in [-0.39, 0.29) is 5.82 Å². The molecule has 1 aromatic carbocycles. The Morgan fingerprint density at radius 2 is 1.79 bits per heavy atom. The van der Waals surface area contributed by atoms with Crippen LogP contribution in [-0.2, 0) is 0 Å². The van der Waals surface area contributed by atoms with Gasteiger partial charge in [0.15, 0.2) is 0 Å². The van der Waals surface area contributed by atoms with Crippen LogP contribution in [0.1, 0.15) is 44.3 Å². The van der Waals surface area contributed by atoms with Crippen molar-refractivity contribution >= 4 is 5.69 Å². The third-order valence-electron chi connectivity index (χ3n) is 4.14. The van der Waals surface area contributed by atoms with Gasteiger partial charge in [0.05, 0.1) is 6.10 Å². The van der Waals surface area contributed by atoms with Crippen molar-refractivity contribution < 1.29 is 9.50 Å². The Hall–Kier alpha value is -1.09. The van der Waals surface area contributed by atoms with Gasteiger partial charge in [0, 0.05) is 24.3 Å². The third kappa shape index (κ3) is 3.08. The van der Waals surface area contributed by atoms with Gasteiger partial charge in [-0.3, -0.25) is 0 Å². The summed E-state index contributed by atoms with van der Waals surface area (Å²) in [5.41, 5.74) is 1.36. The molecule has 0 unspecified atom stereocenters. The predicted octanol–water partition coefficient (Wildman–Crippen LogP) is 3.51. The molecule has 2 nitrogen and oxygen atoms in total. The largest absolute Gasteiger partial charge is 0.389 e. The van der Waals surface area contributed by atoms with Crippen LogP contribution in [0.3, 0.4) is 0 Å². The number of aliphatic hydroxyl groups excluding tert-OH is 1. The van der Waals surface area contributed by atoms with Crippen LogP contribution in [0.2, 0.25) is 0 Å². The van der Waals surface area contributed by atoms with Crippen LogP contribution in [-0.4, -0.2) is 18.2 Å². The molecule has 2 fully saturated rings. The van der Waals surface area contributed by atoms with Crippen molar-refractivity contribution in [3.63, 3.8) is 0 Å². The van der Waals surface area contributed by atoms with E-state index in [1.54, 1.807) is 13.0 Å². The average molecular weight is 263 g/mol. The van der Waals surface area contributed by atoms with Crippen LogP contribution >= 0.6 is 0 Å². The highest BCUT2D eigenvalue weighted by Gasteiger charge is 2.31. The van der Waals surface area contributed by atoms with Gasteiger partial charge in [-0.25, -0.2) is 4.39 Å². The number of benzene rings is 1. The van der Waals surface area contributed by atoms with E-state index >= 15 is 0 Å². The summed E-state index contributed by atoms with van der Waals surface area (Å²) in [4.78, 5) is 2.31. The molecule has 2 aliphatic carbocycles. The van der Waals surface area contributed by atoms with E-state index in [1.807, 2.05) is 6.07 Å². The van der Waals surface area contributed by atoms with Crippen LogP contribution in [0.25, 0.3) is 0 Å². The Labute approximate surface area is 114 Å². The number of hydrogen-bond donors (Lipinski definition) is 1. The van der Waals surface area contributed by atoms with Crippen molar-refractivity contribution in [1.82, 2.24) is 0 Å². The highest BCUT2D eigenvalue weighted by atomic mass is 19.1. The highest BCUT2D eigenvalue weighted by Crippen LogP contribution is 2.38. The summed E-state index contributed by atoms with van der Waals surface area (Å²) in [5.74, 6) is 1.25. The van der Waals surface area contributed by atoms with Gasteiger partial charge in [-0.15, -0.1) is 0 Å². The molecular formula is C16H22FNO. The lowest BCUT2D eigenvalue weighted by Gasteiger charge is -2.28. The summed E-state index contributed by atoms with van der Waals surface area (Å²) < 4.78 is 14.0. The normalized spacial score (nSPS) is 20.4. The summed E-state index contributed by atoms with van der Waals surface area (Å²) in [6.07, 6.45) is 4.42. The molecule has 0 heterocycles. The molecule has 3 rings (SSSR count). The number of nitrogens with zero attached hydrogens (tertiary/aromatic N) is 1. The van der Waals surface area contributed by atoms with Gasteiger partial charge in [0.2, 0.25) is 0 Å². The molecule has 0 bridgehead atoms. The first kappa shape index (κ1) is 12.9. The van der Waals surface area contributed by atoms with Gasteiger partial charge in [-0.1, -0.05) is 6.07 Å². The lowest BCUT2D eigenvalue weighted by molar-refractivity contribution is 0.194. The fraction of sp³-hybridized carbons (Fsp3) is 0.625. The van der Waals surface area contributed by atoms with Crippen LogP contribution in [0.4, 0.5) is 10.1 Å².